The Bertz CT molecular complexity index is 421. The lowest BCUT2D eigenvalue weighted by Crippen LogP contribution is -2.09. The molecule has 3 heteroatoms. The molecule has 1 aromatic heterocycles. The van der Waals surface area contributed by atoms with Crippen molar-refractivity contribution in [2.45, 2.75) is 19.9 Å². The summed E-state index contributed by atoms with van der Waals surface area (Å²) in [5.41, 5.74) is 5.22. The van der Waals surface area contributed by atoms with Gasteiger partial charge in [0.1, 0.15) is 0 Å². The summed E-state index contributed by atoms with van der Waals surface area (Å²) >= 11 is 1.62. The van der Waals surface area contributed by atoms with Crippen molar-refractivity contribution in [3.63, 3.8) is 0 Å². The minimum Gasteiger partial charge on any atom is -0.383 e. The fraction of sp³-hybridized carbons (Fsp3) is 0.250. The average molecular weight is 218 g/mol. The molecule has 1 heterocycles. The molecule has 1 aromatic carbocycles. The van der Waals surface area contributed by atoms with E-state index in [0.717, 1.165) is 11.4 Å². The molecule has 0 atom stereocenters. The SMILES string of the molecule is CC(C)Nc1cccc(-c2cscn2)c1. The van der Waals surface area contributed by atoms with Gasteiger partial charge in [-0.1, -0.05) is 12.1 Å². The van der Waals surface area contributed by atoms with Gasteiger partial charge in [0.15, 0.2) is 0 Å². The van der Waals surface area contributed by atoms with Gasteiger partial charge in [0, 0.05) is 22.7 Å². The topological polar surface area (TPSA) is 24.9 Å². The van der Waals surface area contributed by atoms with E-state index in [9.17, 15) is 0 Å². The first kappa shape index (κ1) is 10.2. The molecule has 0 radical (unpaired) electrons. The second-order valence-corrected chi connectivity index (χ2v) is 4.47. The van der Waals surface area contributed by atoms with Crippen LogP contribution in [0.3, 0.4) is 0 Å². The van der Waals surface area contributed by atoms with Gasteiger partial charge in [0.25, 0.3) is 0 Å². The largest absolute Gasteiger partial charge is 0.383 e. The molecule has 2 rings (SSSR count). The first-order valence-electron chi connectivity index (χ1n) is 5.01. The van der Waals surface area contributed by atoms with Crippen LogP contribution in [-0.2, 0) is 0 Å². The van der Waals surface area contributed by atoms with E-state index >= 15 is 0 Å². The molecular formula is C12H14N2S. The molecule has 0 fully saturated rings. The highest BCUT2D eigenvalue weighted by molar-refractivity contribution is 7.07. The summed E-state index contributed by atoms with van der Waals surface area (Å²) in [7, 11) is 0. The number of thiazole rings is 1. The Hall–Kier alpha value is -1.35. The van der Waals surface area contributed by atoms with E-state index < -0.39 is 0 Å². The Kier molecular flexibility index (Phi) is 3.02. The summed E-state index contributed by atoms with van der Waals surface area (Å²) in [6.07, 6.45) is 0. The van der Waals surface area contributed by atoms with E-state index in [2.05, 4.69) is 53.8 Å². The minimum atomic E-state index is 0.454. The van der Waals surface area contributed by atoms with Crippen LogP contribution in [0.25, 0.3) is 11.3 Å². The predicted molar refractivity (Wildman–Crippen MR) is 66.3 cm³/mol. The summed E-state index contributed by atoms with van der Waals surface area (Å²) in [6.45, 7) is 4.27. The second-order valence-electron chi connectivity index (χ2n) is 3.75. The van der Waals surface area contributed by atoms with Crippen molar-refractivity contribution in [3.05, 3.63) is 35.2 Å². The van der Waals surface area contributed by atoms with Crippen LogP contribution in [0.4, 0.5) is 5.69 Å². The van der Waals surface area contributed by atoms with E-state index in [1.807, 2.05) is 5.51 Å². The van der Waals surface area contributed by atoms with Gasteiger partial charge in [0.2, 0.25) is 0 Å². The fourth-order valence-corrected chi connectivity index (χ4v) is 2.02. The summed E-state index contributed by atoms with van der Waals surface area (Å²) in [6, 6.07) is 8.81. The normalized spacial score (nSPS) is 10.6. The van der Waals surface area contributed by atoms with Gasteiger partial charge < -0.3 is 5.32 Å². The first-order valence-corrected chi connectivity index (χ1v) is 5.95. The molecular weight excluding hydrogens is 204 g/mol. The molecule has 0 amide bonds. The molecule has 1 N–H and O–H groups in total. The van der Waals surface area contributed by atoms with Crippen LogP contribution in [0.1, 0.15) is 13.8 Å². The molecule has 0 aliphatic heterocycles. The van der Waals surface area contributed by atoms with Gasteiger partial charge in [-0.3, -0.25) is 0 Å². The maximum Gasteiger partial charge on any atom is 0.0811 e. The zero-order valence-corrected chi connectivity index (χ0v) is 9.71. The monoisotopic (exact) mass is 218 g/mol. The molecule has 2 nitrogen and oxygen atoms in total. The first-order chi connectivity index (χ1) is 7.25. The average Bonchev–Trinajstić information content (AvgIpc) is 2.69. The van der Waals surface area contributed by atoms with Crippen LogP contribution >= 0.6 is 11.3 Å². The number of nitrogens with zero attached hydrogens (tertiary/aromatic N) is 1. The highest BCUT2D eigenvalue weighted by atomic mass is 32.1. The number of hydrogen-bond acceptors (Lipinski definition) is 3. The zero-order valence-electron chi connectivity index (χ0n) is 8.90. The van der Waals surface area contributed by atoms with Gasteiger partial charge in [-0.15, -0.1) is 11.3 Å². The molecule has 15 heavy (non-hydrogen) atoms. The number of aromatic nitrogens is 1. The predicted octanol–water partition coefficient (Wildman–Crippen LogP) is 3.63. The maximum absolute atomic E-state index is 4.30. The molecule has 0 saturated heterocycles. The summed E-state index contributed by atoms with van der Waals surface area (Å²) in [5, 5.41) is 5.45. The highest BCUT2D eigenvalue weighted by Crippen LogP contribution is 2.22. The molecule has 0 aliphatic rings. The lowest BCUT2D eigenvalue weighted by molar-refractivity contribution is 0.900. The van der Waals surface area contributed by atoms with Crippen molar-refractivity contribution in [1.82, 2.24) is 4.98 Å². The third-order valence-corrected chi connectivity index (χ3v) is 2.63. The summed E-state index contributed by atoms with van der Waals surface area (Å²) in [5.74, 6) is 0. The second kappa shape index (κ2) is 4.45. The van der Waals surface area contributed by atoms with Crippen molar-refractivity contribution >= 4 is 17.0 Å². The lowest BCUT2D eigenvalue weighted by atomic mass is 10.1. The Balaban J connectivity index is 2.27. The van der Waals surface area contributed by atoms with Crippen molar-refractivity contribution in [1.29, 1.82) is 0 Å². The smallest absolute Gasteiger partial charge is 0.0811 e. The number of anilines is 1. The Morgan fingerprint density at radius 2 is 2.20 bits per heavy atom. The van der Waals surface area contributed by atoms with Crippen molar-refractivity contribution in [2.24, 2.45) is 0 Å². The van der Waals surface area contributed by atoms with E-state index in [-0.39, 0.29) is 0 Å². The van der Waals surface area contributed by atoms with Crippen LogP contribution in [0.5, 0.6) is 0 Å². The van der Waals surface area contributed by atoms with E-state index in [1.54, 1.807) is 11.3 Å². The Morgan fingerprint density at radius 3 is 2.87 bits per heavy atom. The molecule has 78 valence electrons. The molecule has 0 unspecified atom stereocenters. The number of benzene rings is 1. The van der Waals surface area contributed by atoms with Gasteiger partial charge >= 0.3 is 0 Å². The Labute approximate surface area is 94.0 Å². The lowest BCUT2D eigenvalue weighted by Gasteiger charge is -2.10. The standard InChI is InChI=1S/C12H14N2S/c1-9(2)14-11-5-3-4-10(6-11)12-7-15-8-13-12/h3-9,14H,1-2H3. The van der Waals surface area contributed by atoms with Crippen molar-refractivity contribution in [2.75, 3.05) is 5.32 Å². The molecule has 0 aliphatic carbocycles. The quantitative estimate of drug-likeness (QED) is 0.851. The molecule has 0 bridgehead atoms. The third-order valence-electron chi connectivity index (χ3n) is 2.05. The number of rotatable bonds is 3. The highest BCUT2D eigenvalue weighted by Gasteiger charge is 2.01. The van der Waals surface area contributed by atoms with E-state index in [0.29, 0.717) is 6.04 Å². The minimum absolute atomic E-state index is 0.454. The van der Waals surface area contributed by atoms with Crippen LogP contribution in [-0.4, -0.2) is 11.0 Å². The third kappa shape index (κ3) is 2.57. The van der Waals surface area contributed by atoms with Gasteiger partial charge in [-0.2, -0.15) is 0 Å². The van der Waals surface area contributed by atoms with Crippen molar-refractivity contribution in [3.8, 4) is 11.3 Å². The molecule has 0 spiro atoms. The van der Waals surface area contributed by atoms with Gasteiger partial charge in [0.05, 0.1) is 11.2 Å². The fourth-order valence-electron chi connectivity index (χ4n) is 1.46. The summed E-state index contributed by atoms with van der Waals surface area (Å²) < 4.78 is 0. The van der Waals surface area contributed by atoms with Crippen LogP contribution in [0.2, 0.25) is 0 Å². The van der Waals surface area contributed by atoms with Crippen LogP contribution < -0.4 is 5.32 Å². The molecule has 2 aromatic rings. The van der Waals surface area contributed by atoms with Crippen LogP contribution in [0.15, 0.2) is 35.2 Å². The number of hydrogen-bond donors (Lipinski definition) is 1. The van der Waals surface area contributed by atoms with Gasteiger partial charge in [-0.05, 0) is 26.0 Å². The molecule has 0 saturated carbocycles. The van der Waals surface area contributed by atoms with Crippen molar-refractivity contribution < 1.29 is 0 Å². The summed E-state index contributed by atoms with van der Waals surface area (Å²) in [4.78, 5) is 4.30. The Morgan fingerprint density at radius 1 is 1.33 bits per heavy atom. The van der Waals surface area contributed by atoms with E-state index in [1.165, 1.54) is 5.56 Å². The van der Waals surface area contributed by atoms with Crippen LogP contribution in [0, 0.1) is 0 Å². The number of nitrogens with one attached hydrogen (secondary N) is 1. The van der Waals surface area contributed by atoms with Gasteiger partial charge in [-0.25, -0.2) is 4.98 Å². The zero-order chi connectivity index (χ0) is 10.7. The van der Waals surface area contributed by atoms with E-state index in [4.69, 9.17) is 0 Å². The maximum atomic E-state index is 4.30.